The molecule has 4 rings (SSSR count). The van der Waals surface area contributed by atoms with Gasteiger partial charge in [-0.05, 0) is 45.7 Å². The van der Waals surface area contributed by atoms with E-state index in [1.807, 2.05) is 0 Å². The molecule has 0 spiro atoms. The summed E-state index contributed by atoms with van der Waals surface area (Å²) in [5.41, 5.74) is 1.47. The van der Waals surface area contributed by atoms with Crippen molar-refractivity contribution in [3.8, 4) is 0 Å². The van der Waals surface area contributed by atoms with Crippen LogP contribution in [-0.2, 0) is 0 Å². The summed E-state index contributed by atoms with van der Waals surface area (Å²) in [6.07, 6.45) is 12.3. The number of fused-ring (bicyclic) bond motifs is 2. The molecule has 4 heteroatoms. The quantitative estimate of drug-likeness (QED) is 0.897. The zero-order valence-electron chi connectivity index (χ0n) is 12.5. The van der Waals surface area contributed by atoms with E-state index in [0.29, 0.717) is 12.0 Å². The summed E-state index contributed by atoms with van der Waals surface area (Å²) in [6.45, 7) is 2.29. The van der Waals surface area contributed by atoms with E-state index in [0.717, 1.165) is 25.2 Å². The molecule has 20 heavy (non-hydrogen) atoms. The topological polar surface area (TPSA) is 33.1 Å². The van der Waals surface area contributed by atoms with Crippen molar-refractivity contribution in [3.63, 3.8) is 0 Å². The lowest BCUT2D eigenvalue weighted by molar-refractivity contribution is 0.0392. The summed E-state index contributed by atoms with van der Waals surface area (Å²) in [5.74, 6) is 0.678. The van der Waals surface area contributed by atoms with E-state index in [-0.39, 0.29) is 0 Å². The molecule has 1 aromatic heterocycles. The Balaban J connectivity index is 1.57. The van der Waals surface area contributed by atoms with Crippen molar-refractivity contribution in [2.45, 2.75) is 62.6 Å². The molecule has 1 aromatic rings. The minimum absolute atomic E-state index is 0.678. The minimum Gasteiger partial charge on any atom is -0.331 e. The zero-order chi connectivity index (χ0) is 13.5. The summed E-state index contributed by atoms with van der Waals surface area (Å²) in [7, 11) is 2.33. The molecule has 3 saturated heterocycles. The molecule has 2 bridgehead atoms. The van der Waals surface area contributed by atoms with Crippen molar-refractivity contribution in [2.24, 2.45) is 0 Å². The van der Waals surface area contributed by atoms with E-state index < -0.39 is 0 Å². The fourth-order valence-electron chi connectivity index (χ4n) is 4.66. The third-order valence-electron chi connectivity index (χ3n) is 5.88. The Labute approximate surface area is 121 Å². The van der Waals surface area contributed by atoms with Crippen LogP contribution >= 0.6 is 0 Å². The highest BCUT2D eigenvalue weighted by atomic mass is 15.2. The van der Waals surface area contributed by atoms with Gasteiger partial charge < -0.3 is 14.8 Å². The second kappa shape index (κ2) is 5.15. The summed E-state index contributed by atoms with van der Waals surface area (Å²) in [5, 5.41) is 3.49. The summed E-state index contributed by atoms with van der Waals surface area (Å²) >= 11 is 0. The molecule has 0 aliphatic carbocycles. The van der Waals surface area contributed by atoms with Gasteiger partial charge in [-0.2, -0.15) is 0 Å². The third-order valence-corrected chi connectivity index (χ3v) is 5.88. The Bertz CT molecular complexity index is 449. The van der Waals surface area contributed by atoms with Crippen LogP contribution in [0.5, 0.6) is 0 Å². The van der Waals surface area contributed by atoms with Gasteiger partial charge in [0.15, 0.2) is 0 Å². The van der Waals surface area contributed by atoms with Gasteiger partial charge in [-0.1, -0.05) is 6.42 Å². The highest BCUT2D eigenvalue weighted by molar-refractivity contribution is 5.11. The first kappa shape index (κ1) is 12.8. The van der Waals surface area contributed by atoms with Gasteiger partial charge in [0, 0.05) is 42.5 Å². The van der Waals surface area contributed by atoms with Crippen molar-refractivity contribution >= 4 is 0 Å². The second-order valence-corrected chi connectivity index (χ2v) is 6.94. The summed E-state index contributed by atoms with van der Waals surface area (Å²) < 4.78 is 2.52. The number of rotatable bonds is 2. The fraction of sp³-hybridized carbons (Fsp3) is 0.812. The van der Waals surface area contributed by atoms with E-state index in [9.17, 15) is 0 Å². The highest BCUT2D eigenvalue weighted by Crippen LogP contribution is 2.39. The van der Waals surface area contributed by atoms with Gasteiger partial charge in [-0.15, -0.1) is 0 Å². The van der Waals surface area contributed by atoms with Crippen LogP contribution in [0.1, 0.15) is 56.2 Å². The second-order valence-electron chi connectivity index (χ2n) is 6.94. The number of piperidine rings is 2. The Morgan fingerprint density at radius 2 is 1.95 bits per heavy atom. The van der Waals surface area contributed by atoms with Crippen LogP contribution < -0.4 is 5.32 Å². The first-order chi connectivity index (χ1) is 9.83. The standard InChI is InChI=1S/C16H26N4/c1-19-13-3-2-4-14(19)8-15(7-13)20-11-18-10-16(20)12-5-6-17-9-12/h10-15,17H,2-9H2,1H3. The first-order valence-electron chi connectivity index (χ1n) is 8.27. The largest absolute Gasteiger partial charge is 0.331 e. The number of nitrogens with one attached hydrogen (secondary N) is 1. The molecule has 4 nitrogen and oxygen atoms in total. The molecule has 4 heterocycles. The lowest BCUT2D eigenvalue weighted by Crippen LogP contribution is -2.50. The minimum atomic E-state index is 0.678. The maximum Gasteiger partial charge on any atom is 0.0950 e. The summed E-state index contributed by atoms with van der Waals surface area (Å²) in [6, 6.07) is 2.27. The van der Waals surface area contributed by atoms with Crippen LogP contribution in [-0.4, -0.2) is 46.7 Å². The Hall–Kier alpha value is -0.870. The smallest absolute Gasteiger partial charge is 0.0950 e. The number of aromatic nitrogens is 2. The normalized spacial score (nSPS) is 38.2. The maximum atomic E-state index is 4.48. The third kappa shape index (κ3) is 2.09. The molecule has 0 aromatic carbocycles. The van der Waals surface area contributed by atoms with Gasteiger partial charge in [0.25, 0.3) is 0 Å². The SMILES string of the molecule is CN1C2CCCC1CC(n1cncc1C1CCNC1)C2. The molecule has 0 radical (unpaired) electrons. The van der Waals surface area contributed by atoms with E-state index in [1.54, 1.807) is 0 Å². The van der Waals surface area contributed by atoms with Crippen molar-refractivity contribution in [1.29, 1.82) is 0 Å². The van der Waals surface area contributed by atoms with Crippen molar-refractivity contribution in [2.75, 3.05) is 20.1 Å². The first-order valence-corrected chi connectivity index (χ1v) is 8.27. The van der Waals surface area contributed by atoms with Gasteiger partial charge in [-0.3, -0.25) is 0 Å². The predicted molar refractivity (Wildman–Crippen MR) is 79.9 cm³/mol. The monoisotopic (exact) mass is 274 g/mol. The summed E-state index contributed by atoms with van der Waals surface area (Å²) in [4.78, 5) is 7.12. The van der Waals surface area contributed by atoms with Crippen LogP contribution in [0.3, 0.4) is 0 Å². The van der Waals surface area contributed by atoms with Gasteiger partial charge in [0.2, 0.25) is 0 Å². The van der Waals surface area contributed by atoms with Crippen LogP contribution in [0.25, 0.3) is 0 Å². The van der Waals surface area contributed by atoms with Crippen LogP contribution in [0.2, 0.25) is 0 Å². The maximum absolute atomic E-state index is 4.48. The van der Waals surface area contributed by atoms with Crippen molar-refractivity contribution < 1.29 is 0 Å². The fourth-order valence-corrected chi connectivity index (χ4v) is 4.66. The Morgan fingerprint density at radius 1 is 1.15 bits per heavy atom. The van der Waals surface area contributed by atoms with Gasteiger partial charge in [-0.25, -0.2) is 4.98 Å². The molecule has 3 aliphatic rings. The molecular weight excluding hydrogens is 248 g/mol. The van der Waals surface area contributed by atoms with Crippen molar-refractivity contribution in [3.05, 3.63) is 18.2 Å². The molecule has 3 unspecified atom stereocenters. The van der Waals surface area contributed by atoms with Crippen LogP contribution in [0.4, 0.5) is 0 Å². The van der Waals surface area contributed by atoms with Gasteiger partial charge in [0.1, 0.15) is 0 Å². The average Bonchev–Trinajstić information content (AvgIpc) is 3.09. The van der Waals surface area contributed by atoms with Crippen LogP contribution in [0.15, 0.2) is 12.5 Å². The molecule has 3 fully saturated rings. The number of hydrogen-bond donors (Lipinski definition) is 1. The molecule has 0 amide bonds. The number of nitrogens with zero attached hydrogens (tertiary/aromatic N) is 3. The predicted octanol–water partition coefficient (Wildman–Crippen LogP) is 2.15. The number of hydrogen-bond acceptors (Lipinski definition) is 3. The molecule has 3 atom stereocenters. The van der Waals surface area contributed by atoms with E-state index in [2.05, 4.69) is 39.3 Å². The molecule has 0 saturated carbocycles. The van der Waals surface area contributed by atoms with E-state index in [4.69, 9.17) is 0 Å². The van der Waals surface area contributed by atoms with Crippen molar-refractivity contribution in [1.82, 2.24) is 19.8 Å². The molecule has 1 N–H and O–H groups in total. The number of imidazole rings is 1. The Morgan fingerprint density at radius 3 is 2.65 bits per heavy atom. The lowest BCUT2D eigenvalue weighted by Gasteiger charge is -2.47. The van der Waals surface area contributed by atoms with E-state index in [1.165, 1.54) is 44.2 Å². The van der Waals surface area contributed by atoms with Gasteiger partial charge in [0.05, 0.1) is 6.33 Å². The van der Waals surface area contributed by atoms with Crippen LogP contribution in [0, 0.1) is 0 Å². The van der Waals surface area contributed by atoms with E-state index >= 15 is 0 Å². The van der Waals surface area contributed by atoms with Gasteiger partial charge >= 0.3 is 0 Å². The zero-order valence-corrected chi connectivity index (χ0v) is 12.5. The highest BCUT2D eigenvalue weighted by Gasteiger charge is 2.37. The lowest BCUT2D eigenvalue weighted by atomic mass is 9.82. The molecule has 110 valence electrons. The molecular formula is C16H26N4. The average molecular weight is 274 g/mol. The molecule has 3 aliphatic heterocycles. The Kier molecular flexibility index (Phi) is 3.31.